The summed E-state index contributed by atoms with van der Waals surface area (Å²) in [5.41, 5.74) is 6.98. The molecule has 3 rings (SSSR count). The highest BCUT2D eigenvalue weighted by Gasteiger charge is 2.32. The van der Waals surface area contributed by atoms with Crippen LogP contribution < -0.4 is 15.2 Å². The van der Waals surface area contributed by atoms with Gasteiger partial charge in [0.25, 0.3) is 0 Å². The maximum absolute atomic E-state index is 9.84. The van der Waals surface area contributed by atoms with Crippen LogP contribution in [-0.4, -0.2) is 22.9 Å². The molecule has 1 aromatic rings. The summed E-state index contributed by atoms with van der Waals surface area (Å²) in [6.07, 6.45) is 3.10. The highest BCUT2D eigenvalue weighted by Crippen LogP contribution is 2.40. The first-order valence-corrected chi connectivity index (χ1v) is 7.38. The molecule has 0 radical (unpaired) electrons. The summed E-state index contributed by atoms with van der Waals surface area (Å²) in [5, 5.41) is 9.84. The smallest absolute Gasteiger partial charge is 0.128 e. The Morgan fingerprint density at radius 3 is 2.85 bits per heavy atom. The molecule has 2 aliphatic rings. The predicted molar refractivity (Wildman–Crippen MR) is 77.0 cm³/mol. The molecule has 20 heavy (non-hydrogen) atoms. The lowest BCUT2D eigenvalue weighted by atomic mass is 9.90. The normalized spacial score (nSPS) is 31.5. The quantitative estimate of drug-likeness (QED) is 0.872. The van der Waals surface area contributed by atoms with Gasteiger partial charge in [0.05, 0.1) is 6.10 Å². The number of aliphatic hydroxyl groups excluding tert-OH is 1. The number of fused-ring (bicyclic) bond motifs is 1. The van der Waals surface area contributed by atoms with E-state index in [1.54, 1.807) is 0 Å². The van der Waals surface area contributed by atoms with Gasteiger partial charge in [0.15, 0.2) is 0 Å². The van der Waals surface area contributed by atoms with Gasteiger partial charge in [-0.15, -0.1) is 0 Å². The first-order valence-electron chi connectivity index (χ1n) is 7.38. The first-order chi connectivity index (χ1) is 9.44. The van der Waals surface area contributed by atoms with Crippen molar-refractivity contribution in [3.05, 3.63) is 23.8 Å². The van der Waals surface area contributed by atoms with Crippen molar-refractivity contribution in [2.45, 2.75) is 63.4 Å². The van der Waals surface area contributed by atoms with Crippen LogP contribution in [0.1, 0.15) is 51.1 Å². The van der Waals surface area contributed by atoms with Crippen LogP contribution in [0.2, 0.25) is 0 Å². The van der Waals surface area contributed by atoms with E-state index in [-0.39, 0.29) is 23.9 Å². The van der Waals surface area contributed by atoms with Crippen LogP contribution in [0.5, 0.6) is 11.5 Å². The zero-order valence-electron chi connectivity index (χ0n) is 12.1. The molecule has 3 N–H and O–H groups in total. The number of rotatable bonds is 2. The second-order valence-electron chi connectivity index (χ2n) is 6.53. The average Bonchev–Trinajstić information content (AvgIpc) is 2.73. The van der Waals surface area contributed by atoms with Crippen molar-refractivity contribution in [2.75, 3.05) is 0 Å². The van der Waals surface area contributed by atoms with Crippen LogP contribution in [-0.2, 0) is 0 Å². The summed E-state index contributed by atoms with van der Waals surface area (Å²) < 4.78 is 11.9. The fourth-order valence-corrected chi connectivity index (χ4v) is 3.18. The summed E-state index contributed by atoms with van der Waals surface area (Å²) in [7, 11) is 0. The van der Waals surface area contributed by atoms with Crippen molar-refractivity contribution < 1.29 is 14.6 Å². The summed E-state index contributed by atoms with van der Waals surface area (Å²) in [5.74, 6) is 1.55. The predicted octanol–water partition coefficient (Wildman–Crippen LogP) is 2.54. The van der Waals surface area contributed by atoms with Crippen molar-refractivity contribution >= 4 is 0 Å². The third-order valence-electron chi connectivity index (χ3n) is 4.19. The first kappa shape index (κ1) is 13.7. The molecule has 0 bridgehead atoms. The highest BCUT2D eigenvalue weighted by molar-refractivity contribution is 5.44. The molecule has 4 heteroatoms. The maximum Gasteiger partial charge on any atom is 0.128 e. The van der Waals surface area contributed by atoms with Crippen LogP contribution in [0.25, 0.3) is 0 Å². The number of hydrogen-bond acceptors (Lipinski definition) is 4. The van der Waals surface area contributed by atoms with Gasteiger partial charge in [-0.25, -0.2) is 0 Å². The van der Waals surface area contributed by atoms with Crippen molar-refractivity contribution in [3.8, 4) is 11.5 Å². The standard InChI is InChI=1S/C16H23NO3/c1-16(2)9-12(17)11-7-6-10(8-15(11)20-16)19-14-5-3-4-13(14)18/h6-8,12-14,18H,3-5,9,17H2,1-2H3. The van der Waals surface area contributed by atoms with Crippen molar-refractivity contribution in [1.29, 1.82) is 0 Å². The zero-order valence-corrected chi connectivity index (χ0v) is 12.1. The average molecular weight is 277 g/mol. The molecule has 0 amide bonds. The molecular formula is C16H23NO3. The largest absolute Gasteiger partial charge is 0.488 e. The van der Waals surface area contributed by atoms with Gasteiger partial charge in [0.2, 0.25) is 0 Å². The van der Waals surface area contributed by atoms with E-state index >= 15 is 0 Å². The van der Waals surface area contributed by atoms with E-state index in [4.69, 9.17) is 15.2 Å². The molecular weight excluding hydrogens is 254 g/mol. The van der Waals surface area contributed by atoms with Gasteiger partial charge < -0.3 is 20.3 Å². The topological polar surface area (TPSA) is 64.7 Å². The lowest BCUT2D eigenvalue weighted by Crippen LogP contribution is -2.37. The van der Waals surface area contributed by atoms with Gasteiger partial charge in [-0.3, -0.25) is 0 Å². The Morgan fingerprint density at radius 2 is 2.15 bits per heavy atom. The Kier molecular flexibility index (Phi) is 3.38. The second-order valence-corrected chi connectivity index (χ2v) is 6.53. The Morgan fingerprint density at radius 1 is 1.35 bits per heavy atom. The third kappa shape index (κ3) is 2.63. The molecule has 0 saturated heterocycles. The van der Waals surface area contributed by atoms with Gasteiger partial charge >= 0.3 is 0 Å². The highest BCUT2D eigenvalue weighted by atomic mass is 16.5. The molecule has 1 saturated carbocycles. The summed E-state index contributed by atoms with van der Waals surface area (Å²) in [4.78, 5) is 0. The molecule has 1 heterocycles. The molecule has 4 nitrogen and oxygen atoms in total. The van der Waals surface area contributed by atoms with Crippen LogP contribution in [0, 0.1) is 0 Å². The molecule has 1 fully saturated rings. The minimum Gasteiger partial charge on any atom is -0.488 e. The second kappa shape index (κ2) is 4.93. The van der Waals surface area contributed by atoms with E-state index < -0.39 is 0 Å². The summed E-state index contributed by atoms with van der Waals surface area (Å²) >= 11 is 0. The minimum atomic E-state index is -0.356. The monoisotopic (exact) mass is 277 g/mol. The Labute approximate surface area is 119 Å². The van der Waals surface area contributed by atoms with Crippen LogP contribution in [0.15, 0.2) is 18.2 Å². The van der Waals surface area contributed by atoms with Gasteiger partial charge in [-0.05, 0) is 39.2 Å². The summed E-state index contributed by atoms with van der Waals surface area (Å²) in [6.45, 7) is 4.09. The third-order valence-corrected chi connectivity index (χ3v) is 4.19. The van der Waals surface area contributed by atoms with Gasteiger partial charge in [0, 0.05) is 24.1 Å². The number of benzene rings is 1. The van der Waals surface area contributed by atoms with Crippen LogP contribution in [0.4, 0.5) is 0 Å². The number of ether oxygens (including phenoxy) is 2. The van der Waals surface area contributed by atoms with Crippen molar-refractivity contribution in [3.63, 3.8) is 0 Å². The lowest BCUT2D eigenvalue weighted by molar-refractivity contribution is 0.0571. The van der Waals surface area contributed by atoms with E-state index in [0.717, 1.165) is 42.7 Å². The summed E-state index contributed by atoms with van der Waals surface area (Å²) in [6, 6.07) is 5.80. The van der Waals surface area contributed by atoms with E-state index in [2.05, 4.69) is 0 Å². The van der Waals surface area contributed by atoms with Crippen LogP contribution in [0.3, 0.4) is 0 Å². The Balaban J connectivity index is 1.82. The Bertz CT molecular complexity index is 500. The molecule has 1 aromatic carbocycles. The fraction of sp³-hybridized carbons (Fsp3) is 0.625. The lowest BCUT2D eigenvalue weighted by Gasteiger charge is -2.36. The molecule has 0 aromatic heterocycles. The number of aliphatic hydroxyl groups is 1. The van der Waals surface area contributed by atoms with Gasteiger partial charge in [-0.2, -0.15) is 0 Å². The van der Waals surface area contributed by atoms with E-state index in [1.807, 2.05) is 32.0 Å². The van der Waals surface area contributed by atoms with Crippen molar-refractivity contribution in [2.24, 2.45) is 5.73 Å². The number of nitrogens with two attached hydrogens (primary N) is 1. The SMILES string of the molecule is CC1(C)CC(N)c2ccc(OC3CCCC3O)cc2O1. The number of hydrogen-bond donors (Lipinski definition) is 2. The molecule has 0 spiro atoms. The zero-order chi connectivity index (χ0) is 14.3. The van der Waals surface area contributed by atoms with E-state index in [9.17, 15) is 5.11 Å². The van der Waals surface area contributed by atoms with Crippen LogP contribution >= 0.6 is 0 Å². The van der Waals surface area contributed by atoms with Crippen molar-refractivity contribution in [1.82, 2.24) is 0 Å². The maximum atomic E-state index is 9.84. The van der Waals surface area contributed by atoms with Gasteiger partial charge in [-0.1, -0.05) is 6.07 Å². The fourth-order valence-electron chi connectivity index (χ4n) is 3.18. The molecule has 110 valence electrons. The molecule has 3 unspecified atom stereocenters. The molecule has 3 atom stereocenters. The Hall–Kier alpha value is -1.26. The minimum absolute atomic E-state index is 0.000120. The molecule has 1 aliphatic heterocycles. The van der Waals surface area contributed by atoms with E-state index in [0.29, 0.717) is 0 Å². The molecule has 1 aliphatic carbocycles. The van der Waals surface area contributed by atoms with E-state index in [1.165, 1.54) is 0 Å². The van der Waals surface area contributed by atoms with Gasteiger partial charge in [0.1, 0.15) is 23.2 Å².